The van der Waals surface area contributed by atoms with Crippen LogP contribution in [0.4, 0.5) is 0 Å². The smallest absolute Gasteiger partial charge is 0.0623 e. The summed E-state index contributed by atoms with van der Waals surface area (Å²) in [5.41, 5.74) is 2.18. The van der Waals surface area contributed by atoms with Crippen LogP contribution in [0.3, 0.4) is 0 Å². The standard InChI is InChI=1S/C13H22N2O/c1-9-4-5-11(6-9)13(16)8-12-7-10(2)14-15(12)3/h7,9,11,13,16H,4-6,8H2,1-3H3. The molecule has 1 aromatic heterocycles. The lowest BCUT2D eigenvalue weighted by Crippen LogP contribution is -2.22. The first-order chi connectivity index (χ1) is 7.56. The van der Waals surface area contributed by atoms with Crippen molar-refractivity contribution in [2.24, 2.45) is 18.9 Å². The van der Waals surface area contributed by atoms with Crippen molar-refractivity contribution in [2.45, 2.75) is 45.6 Å². The second kappa shape index (κ2) is 4.58. The largest absolute Gasteiger partial charge is 0.392 e. The highest BCUT2D eigenvalue weighted by Gasteiger charge is 2.28. The Morgan fingerprint density at radius 1 is 1.56 bits per heavy atom. The zero-order chi connectivity index (χ0) is 11.7. The molecule has 2 rings (SSSR count). The van der Waals surface area contributed by atoms with Gasteiger partial charge in [-0.1, -0.05) is 13.3 Å². The summed E-state index contributed by atoms with van der Waals surface area (Å²) < 4.78 is 1.89. The average molecular weight is 222 g/mol. The highest BCUT2D eigenvalue weighted by atomic mass is 16.3. The lowest BCUT2D eigenvalue weighted by atomic mass is 9.96. The molecule has 1 heterocycles. The van der Waals surface area contributed by atoms with E-state index in [2.05, 4.69) is 18.1 Å². The summed E-state index contributed by atoms with van der Waals surface area (Å²) in [6.45, 7) is 4.27. The Morgan fingerprint density at radius 3 is 2.81 bits per heavy atom. The number of nitrogens with zero attached hydrogens (tertiary/aromatic N) is 2. The minimum Gasteiger partial charge on any atom is -0.392 e. The van der Waals surface area contributed by atoms with Gasteiger partial charge in [-0.25, -0.2) is 0 Å². The summed E-state index contributed by atoms with van der Waals surface area (Å²) in [7, 11) is 1.95. The van der Waals surface area contributed by atoms with E-state index in [-0.39, 0.29) is 6.10 Å². The molecule has 3 nitrogen and oxygen atoms in total. The Kier molecular flexibility index (Phi) is 3.33. The Labute approximate surface area is 97.5 Å². The lowest BCUT2D eigenvalue weighted by molar-refractivity contribution is 0.107. The van der Waals surface area contributed by atoms with E-state index in [4.69, 9.17) is 0 Å². The first kappa shape index (κ1) is 11.6. The van der Waals surface area contributed by atoms with E-state index < -0.39 is 0 Å². The second-order valence-corrected chi connectivity index (χ2v) is 5.35. The molecule has 1 aromatic rings. The van der Waals surface area contributed by atoms with Crippen molar-refractivity contribution in [2.75, 3.05) is 0 Å². The quantitative estimate of drug-likeness (QED) is 0.850. The van der Waals surface area contributed by atoms with Crippen LogP contribution >= 0.6 is 0 Å². The van der Waals surface area contributed by atoms with E-state index in [1.807, 2.05) is 18.7 Å². The first-order valence-corrected chi connectivity index (χ1v) is 6.24. The topological polar surface area (TPSA) is 38.0 Å². The third kappa shape index (κ3) is 2.46. The molecule has 0 amide bonds. The molecule has 0 aliphatic heterocycles. The van der Waals surface area contributed by atoms with Crippen molar-refractivity contribution in [1.82, 2.24) is 9.78 Å². The van der Waals surface area contributed by atoms with Crippen LogP contribution in [-0.4, -0.2) is 21.0 Å². The zero-order valence-corrected chi connectivity index (χ0v) is 10.5. The molecular formula is C13H22N2O. The second-order valence-electron chi connectivity index (χ2n) is 5.35. The van der Waals surface area contributed by atoms with Crippen molar-refractivity contribution < 1.29 is 5.11 Å². The molecule has 1 aliphatic rings. The van der Waals surface area contributed by atoms with E-state index in [1.165, 1.54) is 19.3 Å². The fraction of sp³-hybridized carbons (Fsp3) is 0.769. The molecule has 16 heavy (non-hydrogen) atoms. The summed E-state index contributed by atoms with van der Waals surface area (Å²) in [6.07, 6.45) is 4.18. The summed E-state index contributed by atoms with van der Waals surface area (Å²) in [5.74, 6) is 1.28. The van der Waals surface area contributed by atoms with Gasteiger partial charge in [-0.3, -0.25) is 4.68 Å². The number of hydrogen-bond donors (Lipinski definition) is 1. The maximum Gasteiger partial charge on any atom is 0.0623 e. The third-order valence-corrected chi connectivity index (χ3v) is 3.80. The van der Waals surface area contributed by atoms with E-state index in [0.29, 0.717) is 5.92 Å². The SMILES string of the molecule is Cc1cc(CC(O)C2CCC(C)C2)n(C)n1. The Balaban J connectivity index is 1.96. The minimum atomic E-state index is -0.195. The molecule has 1 aliphatic carbocycles. The van der Waals surface area contributed by atoms with Crippen LogP contribution in [0.25, 0.3) is 0 Å². The summed E-state index contributed by atoms with van der Waals surface area (Å²) >= 11 is 0. The molecule has 1 saturated carbocycles. The van der Waals surface area contributed by atoms with Crippen molar-refractivity contribution in [1.29, 1.82) is 0 Å². The molecule has 0 spiro atoms. The van der Waals surface area contributed by atoms with Crippen molar-refractivity contribution in [3.8, 4) is 0 Å². The molecule has 3 heteroatoms. The molecule has 0 aromatic carbocycles. The molecule has 0 radical (unpaired) electrons. The average Bonchev–Trinajstić information content (AvgIpc) is 2.74. The van der Waals surface area contributed by atoms with E-state index in [0.717, 1.165) is 23.7 Å². The number of aliphatic hydroxyl groups is 1. The van der Waals surface area contributed by atoms with Gasteiger partial charge < -0.3 is 5.11 Å². The summed E-state index contributed by atoms with van der Waals surface area (Å²) in [4.78, 5) is 0. The number of aryl methyl sites for hydroxylation is 2. The Morgan fingerprint density at radius 2 is 2.31 bits per heavy atom. The van der Waals surface area contributed by atoms with Gasteiger partial charge in [0.25, 0.3) is 0 Å². The van der Waals surface area contributed by atoms with Gasteiger partial charge in [0.2, 0.25) is 0 Å². The minimum absolute atomic E-state index is 0.195. The number of hydrogen-bond acceptors (Lipinski definition) is 2. The highest BCUT2D eigenvalue weighted by Crippen LogP contribution is 2.33. The van der Waals surface area contributed by atoms with Crippen molar-refractivity contribution >= 4 is 0 Å². The van der Waals surface area contributed by atoms with Crippen molar-refractivity contribution in [3.63, 3.8) is 0 Å². The molecule has 3 unspecified atom stereocenters. The van der Waals surface area contributed by atoms with Gasteiger partial charge in [0.1, 0.15) is 0 Å². The van der Waals surface area contributed by atoms with Crippen LogP contribution in [0.2, 0.25) is 0 Å². The van der Waals surface area contributed by atoms with Gasteiger partial charge in [0, 0.05) is 19.2 Å². The molecule has 0 bridgehead atoms. The van der Waals surface area contributed by atoms with Crippen LogP contribution in [0, 0.1) is 18.8 Å². The van der Waals surface area contributed by atoms with E-state index in [1.54, 1.807) is 0 Å². The predicted octanol–water partition coefficient (Wildman–Crippen LogP) is 2.07. The lowest BCUT2D eigenvalue weighted by Gasteiger charge is -2.17. The fourth-order valence-corrected chi connectivity index (χ4v) is 2.84. The van der Waals surface area contributed by atoms with Gasteiger partial charge in [-0.05, 0) is 37.7 Å². The summed E-state index contributed by atoms with van der Waals surface area (Å²) in [5, 5.41) is 14.5. The van der Waals surface area contributed by atoms with Gasteiger partial charge in [0.05, 0.1) is 11.8 Å². The van der Waals surface area contributed by atoms with Crippen LogP contribution in [0.5, 0.6) is 0 Å². The van der Waals surface area contributed by atoms with Crippen LogP contribution in [0.1, 0.15) is 37.6 Å². The van der Waals surface area contributed by atoms with Crippen LogP contribution < -0.4 is 0 Å². The van der Waals surface area contributed by atoms with Crippen LogP contribution in [0.15, 0.2) is 6.07 Å². The molecule has 1 fully saturated rings. The number of aromatic nitrogens is 2. The predicted molar refractivity (Wildman–Crippen MR) is 64.2 cm³/mol. The molecule has 90 valence electrons. The number of rotatable bonds is 3. The van der Waals surface area contributed by atoms with Crippen molar-refractivity contribution in [3.05, 3.63) is 17.5 Å². The Hall–Kier alpha value is -0.830. The van der Waals surface area contributed by atoms with E-state index >= 15 is 0 Å². The zero-order valence-electron chi connectivity index (χ0n) is 10.5. The molecular weight excluding hydrogens is 200 g/mol. The summed E-state index contributed by atoms with van der Waals surface area (Å²) in [6, 6.07) is 2.07. The van der Waals surface area contributed by atoms with Gasteiger partial charge >= 0.3 is 0 Å². The van der Waals surface area contributed by atoms with Gasteiger partial charge in [0.15, 0.2) is 0 Å². The van der Waals surface area contributed by atoms with Gasteiger partial charge in [-0.15, -0.1) is 0 Å². The number of aliphatic hydroxyl groups excluding tert-OH is 1. The van der Waals surface area contributed by atoms with Gasteiger partial charge in [-0.2, -0.15) is 5.10 Å². The van der Waals surface area contributed by atoms with Crippen LogP contribution in [-0.2, 0) is 13.5 Å². The first-order valence-electron chi connectivity index (χ1n) is 6.24. The molecule has 1 N–H and O–H groups in total. The fourth-order valence-electron chi connectivity index (χ4n) is 2.84. The maximum atomic E-state index is 10.2. The molecule has 3 atom stereocenters. The maximum absolute atomic E-state index is 10.2. The highest BCUT2D eigenvalue weighted by molar-refractivity contribution is 5.10. The monoisotopic (exact) mass is 222 g/mol. The Bertz CT molecular complexity index is 359. The molecule has 0 saturated heterocycles. The van der Waals surface area contributed by atoms with E-state index in [9.17, 15) is 5.11 Å². The normalized spacial score (nSPS) is 27.2. The third-order valence-electron chi connectivity index (χ3n) is 3.80.